The Kier molecular flexibility index (Phi) is 7.00. The minimum absolute atomic E-state index is 0.0954. The predicted molar refractivity (Wildman–Crippen MR) is 112 cm³/mol. The van der Waals surface area contributed by atoms with E-state index < -0.39 is 0 Å². The summed E-state index contributed by atoms with van der Waals surface area (Å²) < 4.78 is 13.7. The number of aromatic nitrogens is 1. The maximum Gasteiger partial charge on any atom is 0.221 e. The molecule has 152 valence electrons. The van der Waals surface area contributed by atoms with Crippen LogP contribution in [0.1, 0.15) is 24.5 Å². The Bertz CT molecular complexity index is 983. The number of H-pyrrole nitrogens is 1. The zero-order chi connectivity index (χ0) is 20.6. The lowest BCUT2D eigenvalue weighted by Crippen LogP contribution is -2.35. The van der Waals surface area contributed by atoms with Crippen molar-refractivity contribution in [1.82, 2.24) is 15.2 Å². The third-order valence-corrected chi connectivity index (χ3v) is 5.05. The molecule has 0 aliphatic rings. The van der Waals surface area contributed by atoms with Gasteiger partial charge in [0.25, 0.3) is 0 Å². The number of nitrogens with one attached hydrogen (secondary N) is 2. The summed E-state index contributed by atoms with van der Waals surface area (Å²) in [7, 11) is 0. The van der Waals surface area contributed by atoms with Crippen molar-refractivity contribution in [1.29, 1.82) is 0 Å². The summed E-state index contributed by atoms with van der Waals surface area (Å²) in [5.74, 6) is -0.485. The van der Waals surface area contributed by atoms with E-state index >= 15 is 0 Å². The molecule has 0 radical (unpaired) electrons. The van der Waals surface area contributed by atoms with Crippen molar-refractivity contribution in [3.63, 3.8) is 0 Å². The molecule has 0 unspecified atom stereocenters. The van der Waals surface area contributed by atoms with E-state index in [1.807, 2.05) is 24.4 Å². The maximum absolute atomic E-state index is 13.7. The van der Waals surface area contributed by atoms with E-state index in [9.17, 15) is 14.0 Å². The quantitative estimate of drug-likeness (QED) is 0.583. The largest absolute Gasteiger partial charge is 0.361 e. The summed E-state index contributed by atoms with van der Waals surface area (Å²) in [6.45, 7) is 2.72. The number of hydrogen-bond acceptors (Lipinski definition) is 2. The summed E-state index contributed by atoms with van der Waals surface area (Å²) >= 11 is 0. The fourth-order valence-corrected chi connectivity index (χ4v) is 3.38. The van der Waals surface area contributed by atoms with Crippen LogP contribution in [0.15, 0.2) is 54.7 Å². The first-order valence-corrected chi connectivity index (χ1v) is 9.85. The molecule has 29 heavy (non-hydrogen) atoms. The number of carbonyl (C=O) groups is 2. The van der Waals surface area contributed by atoms with Crippen LogP contribution in [0.3, 0.4) is 0 Å². The van der Waals surface area contributed by atoms with Gasteiger partial charge >= 0.3 is 0 Å². The normalized spacial score (nSPS) is 10.8. The van der Waals surface area contributed by atoms with E-state index in [0.29, 0.717) is 31.6 Å². The monoisotopic (exact) mass is 395 g/mol. The first-order valence-electron chi connectivity index (χ1n) is 9.85. The van der Waals surface area contributed by atoms with Gasteiger partial charge in [-0.15, -0.1) is 0 Å². The van der Waals surface area contributed by atoms with Gasteiger partial charge in [-0.05, 0) is 36.1 Å². The van der Waals surface area contributed by atoms with Gasteiger partial charge in [-0.1, -0.05) is 36.4 Å². The summed E-state index contributed by atoms with van der Waals surface area (Å²) in [6.07, 6.45) is 3.36. The molecule has 0 saturated carbocycles. The molecule has 5 nitrogen and oxygen atoms in total. The number of benzene rings is 2. The van der Waals surface area contributed by atoms with Gasteiger partial charge in [0.1, 0.15) is 5.82 Å². The molecule has 6 heteroatoms. The van der Waals surface area contributed by atoms with E-state index in [1.165, 1.54) is 13.0 Å². The van der Waals surface area contributed by atoms with Crippen LogP contribution in [-0.2, 0) is 22.4 Å². The Balaban J connectivity index is 1.43. The highest BCUT2D eigenvalue weighted by Crippen LogP contribution is 2.17. The molecule has 0 fully saturated rings. The van der Waals surface area contributed by atoms with Crippen LogP contribution < -0.4 is 5.32 Å². The molecule has 0 spiro atoms. The Morgan fingerprint density at radius 2 is 1.76 bits per heavy atom. The predicted octanol–water partition coefficient (Wildman–Crippen LogP) is 3.45. The second-order valence-corrected chi connectivity index (χ2v) is 7.06. The fourth-order valence-electron chi connectivity index (χ4n) is 3.38. The summed E-state index contributed by atoms with van der Waals surface area (Å²) in [4.78, 5) is 28.8. The second-order valence-electron chi connectivity index (χ2n) is 7.06. The molecule has 2 N–H and O–H groups in total. The first kappa shape index (κ1) is 20.6. The molecule has 0 aliphatic heterocycles. The van der Waals surface area contributed by atoms with Gasteiger partial charge < -0.3 is 15.2 Å². The number of para-hydroxylation sites is 1. The Morgan fingerprint density at radius 3 is 2.55 bits per heavy atom. The topological polar surface area (TPSA) is 65.2 Å². The van der Waals surface area contributed by atoms with Crippen LogP contribution in [0.4, 0.5) is 4.39 Å². The van der Waals surface area contributed by atoms with Crippen molar-refractivity contribution >= 4 is 22.7 Å². The van der Waals surface area contributed by atoms with Gasteiger partial charge in [0.15, 0.2) is 0 Å². The number of aromatic amines is 1. The third kappa shape index (κ3) is 5.67. The number of carbonyl (C=O) groups excluding carboxylic acids is 2. The van der Waals surface area contributed by atoms with Crippen LogP contribution in [0.25, 0.3) is 10.9 Å². The average molecular weight is 395 g/mol. The standard InChI is InChI=1S/C23H26FN3O2/c1-17(28)27(14-11-18-6-2-4-8-21(18)24)15-12-23(29)25-13-10-19-16-26-22-9-5-3-7-20(19)22/h2-9,16,26H,10-15H2,1H3,(H,25,29). The van der Waals surface area contributed by atoms with Crippen LogP contribution in [-0.4, -0.2) is 41.3 Å². The van der Waals surface area contributed by atoms with Gasteiger partial charge in [-0.2, -0.15) is 0 Å². The highest BCUT2D eigenvalue weighted by atomic mass is 19.1. The summed E-state index contributed by atoms with van der Waals surface area (Å²) in [5, 5.41) is 4.08. The average Bonchev–Trinajstić information content (AvgIpc) is 3.12. The lowest BCUT2D eigenvalue weighted by atomic mass is 10.1. The lowest BCUT2D eigenvalue weighted by molar-refractivity contribution is -0.129. The van der Waals surface area contributed by atoms with E-state index in [4.69, 9.17) is 0 Å². The number of nitrogens with zero attached hydrogens (tertiary/aromatic N) is 1. The van der Waals surface area contributed by atoms with E-state index in [-0.39, 0.29) is 24.1 Å². The van der Waals surface area contributed by atoms with Crippen molar-refractivity contribution in [2.45, 2.75) is 26.2 Å². The smallest absolute Gasteiger partial charge is 0.221 e. The molecular weight excluding hydrogens is 369 g/mol. The molecule has 0 aliphatic carbocycles. The molecular formula is C23H26FN3O2. The van der Waals surface area contributed by atoms with Crippen LogP contribution in [0.5, 0.6) is 0 Å². The van der Waals surface area contributed by atoms with Crippen LogP contribution >= 0.6 is 0 Å². The Morgan fingerprint density at radius 1 is 1.00 bits per heavy atom. The number of rotatable bonds is 9. The van der Waals surface area contributed by atoms with Gasteiger partial charge in [0.2, 0.25) is 11.8 Å². The molecule has 1 aromatic heterocycles. The highest BCUT2D eigenvalue weighted by Gasteiger charge is 2.12. The third-order valence-electron chi connectivity index (χ3n) is 5.05. The van der Waals surface area contributed by atoms with Crippen LogP contribution in [0.2, 0.25) is 0 Å². The first-order chi connectivity index (χ1) is 14.0. The molecule has 3 aromatic rings. The zero-order valence-corrected chi connectivity index (χ0v) is 16.6. The molecule has 2 amide bonds. The van der Waals surface area contributed by atoms with E-state index in [0.717, 1.165) is 22.9 Å². The zero-order valence-electron chi connectivity index (χ0n) is 16.6. The Labute approximate surface area is 169 Å². The number of halogens is 1. The molecule has 0 atom stereocenters. The number of amides is 2. The minimum Gasteiger partial charge on any atom is -0.361 e. The second kappa shape index (κ2) is 9.87. The molecule has 0 saturated heterocycles. The van der Waals surface area contributed by atoms with E-state index in [2.05, 4.69) is 16.4 Å². The van der Waals surface area contributed by atoms with Crippen molar-refractivity contribution < 1.29 is 14.0 Å². The maximum atomic E-state index is 13.7. The van der Waals surface area contributed by atoms with Crippen LogP contribution in [0, 0.1) is 5.82 Å². The fraction of sp³-hybridized carbons (Fsp3) is 0.304. The van der Waals surface area contributed by atoms with Gasteiger partial charge in [0, 0.05) is 50.1 Å². The van der Waals surface area contributed by atoms with Gasteiger partial charge in [-0.3, -0.25) is 9.59 Å². The molecule has 1 heterocycles. The SMILES string of the molecule is CC(=O)N(CCC(=O)NCCc1c[nH]c2ccccc12)CCc1ccccc1F. The van der Waals surface area contributed by atoms with E-state index in [1.54, 1.807) is 23.1 Å². The van der Waals surface area contributed by atoms with Crippen molar-refractivity contribution in [3.05, 3.63) is 71.7 Å². The molecule has 3 rings (SSSR count). The van der Waals surface area contributed by atoms with Gasteiger partial charge in [-0.25, -0.2) is 4.39 Å². The van der Waals surface area contributed by atoms with Crippen molar-refractivity contribution in [2.75, 3.05) is 19.6 Å². The molecule has 0 bridgehead atoms. The van der Waals surface area contributed by atoms with Gasteiger partial charge in [0.05, 0.1) is 0 Å². The highest BCUT2D eigenvalue weighted by molar-refractivity contribution is 5.83. The summed E-state index contributed by atoms with van der Waals surface area (Å²) in [6, 6.07) is 14.6. The van der Waals surface area contributed by atoms with Crippen molar-refractivity contribution in [3.8, 4) is 0 Å². The molecule has 2 aromatic carbocycles. The lowest BCUT2D eigenvalue weighted by Gasteiger charge is -2.21. The minimum atomic E-state index is -0.272. The Hall–Kier alpha value is -3.15. The van der Waals surface area contributed by atoms with Crippen molar-refractivity contribution in [2.24, 2.45) is 0 Å². The number of fused-ring (bicyclic) bond motifs is 1. The number of hydrogen-bond donors (Lipinski definition) is 2. The summed E-state index contributed by atoms with van der Waals surface area (Å²) in [5.41, 5.74) is 2.82.